The molecule has 2 atom stereocenters. The Hall–Kier alpha value is -1.24. The first-order valence-electron chi connectivity index (χ1n) is 5.02. The highest BCUT2D eigenvalue weighted by molar-refractivity contribution is 5.68. The van der Waals surface area contributed by atoms with Crippen molar-refractivity contribution in [1.82, 2.24) is 4.90 Å². The van der Waals surface area contributed by atoms with Crippen molar-refractivity contribution in [3.63, 3.8) is 0 Å². The van der Waals surface area contributed by atoms with E-state index in [0.717, 1.165) is 12.8 Å². The summed E-state index contributed by atoms with van der Waals surface area (Å²) in [6.07, 6.45) is 1.27. The Morgan fingerprint density at radius 2 is 2.43 bits per heavy atom. The number of carbonyl (C=O) groups is 1. The normalized spacial score (nSPS) is 26.8. The van der Waals surface area contributed by atoms with E-state index in [1.807, 2.05) is 6.92 Å². The number of hydrogen-bond acceptors (Lipinski definition) is 3. The Balaban J connectivity index is 2.50. The van der Waals surface area contributed by atoms with Crippen LogP contribution in [0.2, 0.25) is 0 Å². The average molecular weight is 196 g/mol. The summed E-state index contributed by atoms with van der Waals surface area (Å²) in [5.74, 6) is 0.0932. The van der Waals surface area contributed by atoms with Crippen LogP contribution in [0.3, 0.4) is 0 Å². The molecule has 1 amide bonds. The molecule has 2 unspecified atom stereocenters. The summed E-state index contributed by atoms with van der Waals surface area (Å²) in [7, 11) is 0. The summed E-state index contributed by atoms with van der Waals surface area (Å²) in [5, 5.41) is 8.75. The second-order valence-corrected chi connectivity index (χ2v) is 3.59. The number of likely N-dealkylation sites (tertiary alicyclic amines) is 1. The highest BCUT2D eigenvalue weighted by Gasteiger charge is 2.29. The minimum absolute atomic E-state index is 0.0932. The second-order valence-electron chi connectivity index (χ2n) is 3.59. The minimum Gasteiger partial charge on any atom is -0.450 e. The van der Waals surface area contributed by atoms with Crippen molar-refractivity contribution in [2.45, 2.75) is 32.7 Å². The van der Waals surface area contributed by atoms with Crippen LogP contribution >= 0.6 is 0 Å². The van der Waals surface area contributed by atoms with E-state index in [9.17, 15) is 4.79 Å². The van der Waals surface area contributed by atoms with E-state index in [2.05, 4.69) is 6.07 Å². The largest absolute Gasteiger partial charge is 0.450 e. The molecule has 14 heavy (non-hydrogen) atoms. The molecule has 0 aliphatic carbocycles. The topological polar surface area (TPSA) is 53.3 Å². The van der Waals surface area contributed by atoms with Crippen LogP contribution in [-0.2, 0) is 4.74 Å². The van der Waals surface area contributed by atoms with Crippen molar-refractivity contribution >= 4 is 6.09 Å². The third-order valence-corrected chi connectivity index (χ3v) is 2.56. The molecule has 78 valence electrons. The molecule has 4 heteroatoms. The van der Waals surface area contributed by atoms with E-state index >= 15 is 0 Å². The standard InChI is InChI=1S/C10H16N2O2/c1-3-14-10(13)12-5-4-9(7-11)6-8(12)2/h8-9H,3-6H2,1-2H3. The molecule has 0 bridgehead atoms. The molecule has 1 aliphatic heterocycles. The van der Waals surface area contributed by atoms with Gasteiger partial charge in [0, 0.05) is 18.5 Å². The van der Waals surface area contributed by atoms with Gasteiger partial charge in [-0.2, -0.15) is 5.26 Å². The van der Waals surface area contributed by atoms with E-state index in [-0.39, 0.29) is 18.1 Å². The monoisotopic (exact) mass is 196 g/mol. The van der Waals surface area contributed by atoms with Gasteiger partial charge in [0.1, 0.15) is 0 Å². The lowest BCUT2D eigenvalue weighted by atomic mass is 9.93. The van der Waals surface area contributed by atoms with Crippen LogP contribution in [0, 0.1) is 17.2 Å². The third-order valence-electron chi connectivity index (χ3n) is 2.56. The molecule has 1 fully saturated rings. The predicted molar refractivity (Wildman–Crippen MR) is 51.5 cm³/mol. The van der Waals surface area contributed by atoms with E-state index in [1.54, 1.807) is 11.8 Å². The van der Waals surface area contributed by atoms with Crippen LogP contribution in [0.1, 0.15) is 26.7 Å². The molecule has 0 aromatic heterocycles. The van der Waals surface area contributed by atoms with Crippen molar-refractivity contribution in [3.8, 4) is 6.07 Å². The minimum atomic E-state index is -0.253. The van der Waals surface area contributed by atoms with Crippen LogP contribution in [0.4, 0.5) is 4.79 Å². The molecule has 0 spiro atoms. The molecule has 0 radical (unpaired) electrons. The fraction of sp³-hybridized carbons (Fsp3) is 0.800. The number of piperidine rings is 1. The van der Waals surface area contributed by atoms with Gasteiger partial charge in [0.2, 0.25) is 0 Å². The molecule has 0 saturated carbocycles. The summed E-state index contributed by atoms with van der Waals surface area (Å²) in [5.41, 5.74) is 0. The first kappa shape index (κ1) is 10.8. The number of nitriles is 1. The lowest BCUT2D eigenvalue weighted by molar-refractivity contribution is 0.0753. The van der Waals surface area contributed by atoms with Crippen LogP contribution in [0.25, 0.3) is 0 Å². The highest BCUT2D eigenvalue weighted by atomic mass is 16.6. The Bertz CT molecular complexity index is 247. The van der Waals surface area contributed by atoms with Gasteiger partial charge in [0.05, 0.1) is 12.7 Å². The van der Waals surface area contributed by atoms with Gasteiger partial charge in [-0.3, -0.25) is 0 Å². The Labute approximate surface area is 84.4 Å². The number of amides is 1. The summed E-state index contributed by atoms with van der Waals surface area (Å²) in [6.45, 7) is 4.80. The third kappa shape index (κ3) is 2.38. The number of hydrogen-bond donors (Lipinski definition) is 0. The number of rotatable bonds is 1. The SMILES string of the molecule is CCOC(=O)N1CCC(C#N)CC1C. The van der Waals surface area contributed by atoms with Gasteiger partial charge in [-0.25, -0.2) is 4.79 Å². The molecule has 0 aromatic carbocycles. The summed E-state index contributed by atoms with van der Waals surface area (Å²) in [6, 6.07) is 2.37. The average Bonchev–Trinajstić information content (AvgIpc) is 2.17. The Kier molecular flexibility index (Phi) is 3.75. The maximum absolute atomic E-state index is 11.4. The fourth-order valence-electron chi connectivity index (χ4n) is 1.77. The second kappa shape index (κ2) is 4.85. The van der Waals surface area contributed by atoms with Gasteiger partial charge in [-0.15, -0.1) is 0 Å². The van der Waals surface area contributed by atoms with E-state index in [0.29, 0.717) is 13.2 Å². The van der Waals surface area contributed by atoms with E-state index in [4.69, 9.17) is 10.00 Å². The van der Waals surface area contributed by atoms with E-state index < -0.39 is 0 Å². The van der Waals surface area contributed by atoms with Gasteiger partial charge in [-0.1, -0.05) is 0 Å². The molecular weight excluding hydrogens is 180 g/mol. The zero-order valence-electron chi connectivity index (χ0n) is 8.69. The zero-order valence-corrected chi connectivity index (χ0v) is 8.69. The van der Waals surface area contributed by atoms with Crippen LogP contribution < -0.4 is 0 Å². The van der Waals surface area contributed by atoms with Crippen LogP contribution in [0.5, 0.6) is 0 Å². The van der Waals surface area contributed by atoms with E-state index in [1.165, 1.54) is 0 Å². The molecule has 0 aromatic rings. The number of carbonyl (C=O) groups excluding carboxylic acids is 1. The maximum Gasteiger partial charge on any atom is 0.409 e. The van der Waals surface area contributed by atoms with Crippen LogP contribution in [0.15, 0.2) is 0 Å². The van der Waals surface area contributed by atoms with Crippen molar-refractivity contribution < 1.29 is 9.53 Å². The molecule has 0 N–H and O–H groups in total. The van der Waals surface area contributed by atoms with Crippen molar-refractivity contribution in [1.29, 1.82) is 5.26 Å². The molecule has 1 heterocycles. The highest BCUT2D eigenvalue weighted by Crippen LogP contribution is 2.22. The summed E-state index contributed by atoms with van der Waals surface area (Å²) >= 11 is 0. The Morgan fingerprint density at radius 1 is 1.71 bits per heavy atom. The van der Waals surface area contributed by atoms with Gasteiger partial charge in [-0.05, 0) is 26.7 Å². The van der Waals surface area contributed by atoms with Gasteiger partial charge < -0.3 is 9.64 Å². The fourth-order valence-corrected chi connectivity index (χ4v) is 1.77. The summed E-state index contributed by atoms with van der Waals surface area (Å²) < 4.78 is 4.92. The van der Waals surface area contributed by atoms with Crippen molar-refractivity contribution in [3.05, 3.63) is 0 Å². The van der Waals surface area contributed by atoms with Gasteiger partial charge in [0.25, 0.3) is 0 Å². The van der Waals surface area contributed by atoms with Gasteiger partial charge >= 0.3 is 6.09 Å². The quantitative estimate of drug-likeness (QED) is 0.642. The predicted octanol–water partition coefficient (Wildman–Crippen LogP) is 1.77. The Morgan fingerprint density at radius 3 is 2.93 bits per heavy atom. The first-order valence-corrected chi connectivity index (χ1v) is 5.02. The molecular formula is C10H16N2O2. The number of ether oxygens (including phenoxy) is 1. The maximum atomic E-state index is 11.4. The molecule has 4 nitrogen and oxygen atoms in total. The van der Waals surface area contributed by atoms with Crippen molar-refractivity contribution in [2.75, 3.05) is 13.2 Å². The summed E-state index contributed by atoms with van der Waals surface area (Å²) in [4.78, 5) is 13.1. The lowest BCUT2D eigenvalue weighted by Crippen LogP contribution is -2.44. The van der Waals surface area contributed by atoms with Gasteiger partial charge in [0.15, 0.2) is 0 Å². The first-order chi connectivity index (χ1) is 6.69. The molecule has 1 aliphatic rings. The smallest absolute Gasteiger partial charge is 0.409 e. The van der Waals surface area contributed by atoms with Crippen LogP contribution in [-0.4, -0.2) is 30.2 Å². The van der Waals surface area contributed by atoms with Crippen molar-refractivity contribution in [2.24, 2.45) is 5.92 Å². The molecule has 1 saturated heterocycles. The number of nitrogens with zero attached hydrogens (tertiary/aromatic N) is 2. The molecule has 1 rings (SSSR count). The lowest BCUT2D eigenvalue weighted by Gasteiger charge is -2.34. The zero-order chi connectivity index (χ0) is 10.6.